The van der Waals surface area contributed by atoms with E-state index >= 15 is 0 Å². The standard InChI is InChI=1S/C14H15ClN2O3S/c15-12-4-3-10(21(16,19)20)7-13(12)17-14(18)11-6-8-1-2-9(11)5-8/h1-4,7-9,11H,5-6H2,(H,17,18)(H2,16,19,20). The summed E-state index contributed by atoms with van der Waals surface area (Å²) in [5, 5.41) is 8.10. The summed E-state index contributed by atoms with van der Waals surface area (Å²) in [6.07, 6.45) is 6.09. The van der Waals surface area contributed by atoms with Crippen LogP contribution in [0.15, 0.2) is 35.2 Å². The van der Waals surface area contributed by atoms with Crippen LogP contribution in [0.25, 0.3) is 0 Å². The van der Waals surface area contributed by atoms with Crippen LogP contribution in [-0.2, 0) is 14.8 Å². The fourth-order valence-corrected chi connectivity index (χ4v) is 3.79. The van der Waals surface area contributed by atoms with Gasteiger partial charge in [-0.2, -0.15) is 0 Å². The molecule has 1 fully saturated rings. The Morgan fingerprint density at radius 1 is 1.29 bits per heavy atom. The van der Waals surface area contributed by atoms with Gasteiger partial charge in [0, 0.05) is 5.92 Å². The second kappa shape index (κ2) is 5.12. The van der Waals surface area contributed by atoms with Crippen molar-refractivity contribution in [3.05, 3.63) is 35.4 Å². The Balaban J connectivity index is 1.81. The van der Waals surface area contributed by atoms with Gasteiger partial charge >= 0.3 is 0 Å². The van der Waals surface area contributed by atoms with E-state index < -0.39 is 10.0 Å². The van der Waals surface area contributed by atoms with Gasteiger partial charge in [0.05, 0.1) is 15.6 Å². The van der Waals surface area contributed by atoms with Crippen LogP contribution in [0.2, 0.25) is 5.02 Å². The molecule has 5 nitrogen and oxygen atoms in total. The monoisotopic (exact) mass is 326 g/mol. The molecule has 3 N–H and O–H groups in total. The molecule has 7 heteroatoms. The van der Waals surface area contributed by atoms with Gasteiger partial charge in [-0.05, 0) is 42.9 Å². The van der Waals surface area contributed by atoms with Gasteiger partial charge in [0.15, 0.2) is 0 Å². The van der Waals surface area contributed by atoms with Crippen molar-refractivity contribution in [3.8, 4) is 0 Å². The van der Waals surface area contributed by atoms with Crippen molar-refractivity contribution >= 4 is 33.2 Å². The minimum Gasteiger partial charge on any atom is -0.324 e. The van der Waals surface area contributed by atoms with Gasteiger partial charge in [-0.3, -0.25) is 4.79 Å². The Labute approximate surface area is 128 Å². The van der Waals surface area contributed by atoms with Crippen LogP contribution >= 0.6 is 11.6 Å². The molecule has 3 rings (SSSR count). The highest BCUT2D eigenvalue weighted by Crippen LogP contribution is 2.44. The zero-order valence-corrected chi connectivity index (χ0v) is 12.7. The van der Waals surface area contributed by atoms with E-state index in [1.54, 1.807) is 0 Å². The van der Waals surface area contributed by atoms with E-state index in [1.807, 2.05) is 0 Å². The van der Waals surface area contributed by atoms with Gasteiger partial charge in [-0.25, -0.2) is 13.6 Å². The summed E-state index contributed by atoms with van der Waals surface area (Å²) in [5.74, 6) is 0.557. The largest absolute Gasteiger partial charge is 0.324 e. The van der Waals surface area contributed by atoms with Crippen molar-refractivity contribution in [2.24, 2.45) is 22.9 Å². The minimum absolute atomic E-state index is 0.0740. The molecule has 0 saturated heterocycles. The van der Waals surface area contributed by atoms with Crippen molar-refractivity contribution in [2.45, 2.75) is 17.7 Å². The Morgan fingerprint density at radius 2 is 2.05 bits per heavy atom. The number of amides is 1. The minimum atomic E-state index is -3.83. The lowest BCUT2D eigenvalue weighted by molar-refractivity contribution is -0.120. The zero-order valence-electron chi connectivity index (χ0n) is 11.1. The van der Waals surface area contributed by atoms with Crippen molar-refractivity contribution in [1.82, 2.24) is 0 Å². The summed E-state index contributed by atoms with van der Waals surface area (Å²) in [7, 11) is -3.83. The summed E-state index contributed by atoms with van der Waals surface area (Å²) >= 11 is 6.01. The van der Waals surface area contributed by atoms with E-state index in [9.17, 15) is 13.2 Å². The molecule has 1 saturated carbocycles. The van der Waals surface area contributed by atoms with Gasteiger partial charge < -0.3 is 5.32 Å². The average Bonchev–Trinajstić information content (AvgIpc) is 3.02. The molecule has 2 aliphatic carbocycles. The predicted molar refractivity (Wildman–Crippen MR) is 80.3 cm³/mol. The molecule has 21 heavy (non-hydrogen) atoms. The Kier molecular flexibility index (Phi) is 3.55. The van der Waals surface area contributed by atoms with Crippen LogP contribution < -0.4 is 10.5 Å². The van der Waals surface area contributed by atoms with Crippen LogP contribution in [0, 0.1) is 17.8 Å². The van der Waals surface area contributed by atoms with Crippen LogP contribution in [0.4, 0.5) is 5.69 Å². The topological polar surface area (TPSA) is 89.3 Å². The second-order valence-corrected chi connectivity index (χ2v) is 7.53. The molecule has 3 atom stereocenters. The number of fused-ring (bicyclic) bond motifs is 2. The number of hydrogen-bond acceptors (Lipinski definition) is 3. The maximum Gasteiger partial charge on any atom is 0.238 e. The lowest BCUT2D eigenvalue weighted by atomic mass is 9.93. The smallest absolute Gasteiger partial charge is 0.238 e. The number of anilines is 1. The Bertz CT molecular complexity index is 730. The molecular formula is C14H15ClN2O3S. The normalized spacial score (nSPS) is 27.0. The number of sulfonamides is 1. The van der Waals surface area contributed by atoms with Gasteiger partial charge in [0.2, 0.25) is 15.9 Å². The number of nitrogens with two attached hydrogens (primary N) is 1. The SMILES string of the molecule is NS(=O)(=O)c1ccc(Cl)c(NC(=O)C2CC3C=CC2C3)c1. The molecule has 0 spiro atoms. The third kappa shape index (κ3) is 2.84. The third-order valence-corrected chi connectivity index (χ3v) is 5.38. The van der Waals surface area contributed by atoms with Crippen LogP contribution in [0.1, 0.15) is 12.8 Å². The van der Waals surface area contributed by atoms with Crippen molar-refractivity contribution in [1.29, 1.82) is 0 Å². The number of hydrogen-bond donors (Lipinski definition) is 2. The lowest BCUT2D eigenvalue weighted by Gasteiger charge is -2.18. The molecule has 0 aliphatic heterocycles. The van der Waals surface area contributed by atoms with Crippen molar-refractivity contribution < 1.29 is 13.2 Å². The molecule has 0 heterocycles. The second-order valence-electron chi connectivity index (χ2n) is 5.56. The summed E-state index contributed by atoms with van der Waals surface area (Å²) in [5.41, 5.74) is 0.278. The van der Waals surface area contributed by atoms with E-state index in [0.29, 0.717) is 5.92 Å². The number of rotatable bonds is 3. The number of nitrogens with one attached hydrogen (secondary N) is 1. The molecule has 112 valence electrons. The molecule has 2 bridgehead atoms. The molecule has 1 amide bonds. The third-order valence-electron chi connectivity index (χ3n) is 4.14. The number of primary sulfonamides is 1. The highest BCUT2D eigenvalue weighted by Gasteiger charge is 2.39. The lowest BCUT2D eigenvalue weighted by Crippen LogP contribution is -2.26. The van der Waals surface area contributed by atoms with Crippen LogP contribution in [-0.4, -0.2) is 14.3 Å². The first-order valence-corrected chi connectivity index (χ1v) is 8.58. The van der Waals surface area contributed by atoms with Crippen LogP contribution in [0.3, 0.4) is 0 Å². The molecule has 3 unspecified atom stereocenters. The number of carbonyl (C=O) groups is 1. The molecule has 1 aromatic rings. The maximum absolute atomic E-state index is 12.3. The fraction of sp³-hybridized carbons (Fsp3) is 0.357. The first-order chi connectivity index (χ1) is 9.84. The van der Waals surface area contributed by atoms with E-state index in [4.69, 9.17) is 16.7 Å². The zero-order chi connectivity index (χ0) is 15.2. The number of allylic oxidation sites excluding steroid dienone is 2. The summed E-state index contributed by atoms with van der Waals surface area (Å²) < 4.78 is 22.7. The van der Waals surface area contributed by atoms with E-state index in [2.05, 4.69) is 17.5 Å². The van der Waals surface area contributed by atoms with Gasteiger partial charge in [-0.15, -0.1) is 0 Å². The number of benzene rings is 1. The van der Waals surface area contributed by atoms with E-state index in [-0.39, 0.29) is 33.3 Å². The summed E-state index contributed by atoms with van der Waals surface area (Å²) in [4.78, 5) is 12.3. The first kappa shape index (κ1) is 14.6. The van der Waals surface area contributed by atoms with E-state index in [0.717, 1.165) is 12.8 Å². The molecule has 2 aliphatic rings. The average molecular weight is 327 g/mol. The number of halogens is 1. The molecule has 0 aromatic heterocycles. The fourth-order valence-electron chi connectivity index (χ4n) is 3.08. The van der Waals surface area contributed by atoms with Gasteiger partial charge in [0.25, 0.3) is 0 Å². The van der Waals surface area contributed by atoms with Crippen molar-refractivity contribution in [2.75, 3.05) is 5.32 Å². The summed E-state index contributed by atoms with van der Waals surface area (Å²) in [6, 6.07) is 4.02. The van der Waals surface area contributed by atoms with Crippen LogP contribution in [0.5, 0.6) is 0 Å². The van der Waals surface area contributed by atoms with Gasteiger partial charge in [0.1, 0.15) is 0 Å². The van der Waals surface area contributed by atoms with Crippen molar-refractivity contribution in [3.63, 3.8) is 0 Å². The maximum atomic E-state index is 12.3. The molecule has 1 aromatic carbocycles. The molecule has 0 radical (unpaired) electrons. The highest BCUT2D eigenvalue weighted by molar-refractivity contribution is 7.89. The Hall–Kier alpha value is -1.37. The predicted octanol–water partition coefficient (Wildman–Crippen LogP) is 2.14. The number of carbonyl (C=O) groups excluding carboxylic acids is 1. The molecular weight excluding hydrogens is 312 g/mol. The van der Waals surface area contributed by atoms with E-state index in [1.165, 1.54) is 18.2 Å². The summed E-state index contributed by atoms with van der Waals surface area (Å²) in [6.45, 7) is 0. The van der Waals surface area contributed by atoms with Gasteiger partial charge in [-0.1, -0.05) is 23.8 Å². The Morgan fingerprint density at radius 3 is 2.62 bits per heavy atom. The quantitative estimate of drug-likeness (QED) is 0.834. The first-order valence-electron chi connectivity index (χ1n) is 6.66. The highest BCUT2D eigenvalue weighted by atomic mass is 35.5.